The average molecular weight is 241 g/mol. The van der Waals surface area contributed by atoms with E-state index in [0.717, 1.165) is 18.9 Å². The van der Waals surface area contributed by atoms with E-state index in [-0.39, 0.29) is 0 Å². The molecule has 3 heteroatoms. The zero-order valence-electron chi connectivity index (χ0n) is 10.9. The maximum absolute atomic E-state index is 4.61. The summed E-state index contributed by atoms with van der Waals surface area (Å²) in [6.07, 6.45) is 1.91. The Morgan fingerprint density at radius 3 is 2.94 bits per heavy atom. The Morgan fingerprint density at radius 2 is 2.06 bits per heavy atom. The second-order valence-electron chi connectivity index (χ2n) is 5.17. The Balaban J connectivity index is 2.07. The highest BCUT2D eigenvalue weighted by Gasteiger charge is 2.24. The maximum Gasteiger partial charge on any atom is 0.136 e. The third-order valence-corrected chi connectivity index (χ3v) is 3.69. The third kappa shape index (κ3) is 1.95. The van der Waals surface area contributed by atoms with Gasteiger partial charge in [0.15, 0.2) is 0 Å². The summed E-state index contributed by atoms with van der Waals surface area (Å²) in [5, 5.41) is 6.03. The van der Waals surface area contributed by atoms with Gasteiger partial charge in [-0.2, -0.15) is 0 Å². The first-order valence-electron chi connectivity index (χ1n) is 6.59. The number of pyridine rings is 1. The molecule has 1 N–H and O–H groups in total. The first kappa shape index (κ1) is 11.5. The van der Waals surface area contributed by atoms with Gasteiger partial charge in [0.2, 0.25) is 0 Å². The summed E-state index contributed by atoms with van der Waals surface area (Å²) >= 11 is 0. The van der Waals surface area contributed by atoms with Crippen LogP contribution in [0.1, 0.15) is 13.8 Å². The summed E-state index contributed by atoms with van der Waals surface area (Å²) in [4.78, 5) is 7.03. The van der Waals surface area contributed by atoms with Crippen LogP contribution in [0.15, 0.2) is 36.5 Å². The first-order chi connectivity index (χ1) is 8.75. The molecule has 94 valence electrons. The molecule has 3 nitrogen and oxygen atoms in total. The molecule has 0 saturated carbocycles. The quantitative estimate of drug-likeness (QED) is 0.831. The lowest BCUT2D eigenvalue weighted by atomic mass is 10.1. The van der Waals surface area contributed by atoms with Gasteiger partial charge >= 0.3 is 0 Å². The highest BCUT2D eigenvalue weighted by atomic mass is 15.3. The van der Waals surface area contributed by atoms with Gasteiger partial charge in [-0.3, -0.25) is 0 Å². The normalized spacial score (nSPS) is 24.4. The molecule has 1 aromatic carbocycles. The number of piperazine rings is 1. The second kappa shape index (κ2) is 4.58. The summed E-state index contributed by atoms with van der Waals surface area (Å²) < 4.78 is 0. The fourth-order valence-corrected chi connectivity index (χ4v) is 2.65. The molecule has 0 spiro atoms. The van der Waals surface area contributed by atoms with Gasteiger partial charge in [0.25, 0.3) is 0 Å². The Hall–Kier alpha value is -1.61. The second-order valence-corrected chi connectivity index (χ2v) is 5.17. The van der Waals surface area contributed by atoms with E-state index in [1.54, 1.807) is 0 Å². The number of anilines is 1. The number of hydrogen-bond acceptors (Lipinski definition) is 3. The standard InChI is InChI=1S/C15H19N3/c1-11-10-18(12(2)9-17-11)15-14-6-4-3-5-13(14)7-8-16-15/h3-8,11-12,17H,9-10H2,1-2H3. The van der Waals surface area contributed by atoms with Crippen molar-refractivity contribution in [2.24, 2.45) is 0 Å². The molecule has 2 aromatic rings. The molecule has 1 aromatic heterocycles. The highest BCUT2D eigenvalue weighted by molar-refractivity contribution is 5.92. The molecule has 0 radical (unpaired) electrons. The van der Waals surface area contributed by atoms with Crippen LogP contribution >= 0.6 is 0 Å². The van der Waals surface area contributed by atoms with Crippen molar-refractivity contribution in [2.45, 2.75) is 25.9 Å². The minimum Gasteiger partial charge on any atom is -0.351 e. The van der Waals surface area contributed by atoms with E-state index in [2.05, 4.69) is 59.4 Å². The third-order valence-electron chi connectivity index (χ3n) is 3.69. The fraction of sp³-hybridized carbons (Fsp3) is 0.400. The van der Waals surface area contributed by atoms with E-state index < -0.39 is 0 Å². The Kier molecular flexibility index (Phi) is 2.92. The van der Waals surface area contributed by atoms with Crippen LogP contribution in [0.25, 0.3) is 10.8 Å². The molecule has 1 fully saturated rings. The highest BCUT2D eigenvalue weighted by Crippen LogP contribution is 2.26. The molecule has 2 atom stereocenters. The number of nitrogens with zero attached hydrogens (tertiary/aromatic N) is 2. The van der Waals surface area contributed by atoms with Crippen molar-refractivity contribution in [3.63, 3.8) is 0 Å². The van der Waals surface area contributed by atoms with Gasteiger partial charge in [-0.1, -0.05) is 24.3 Å². The van der Waals surface area contributed by atoms with Gasteiger partial charge in [-0.05, 0) is 25.3 Å². The van der Waals surface area contributed by atoms with Crippen LogP contribution in [-0.4, -0.2) is 30.2 Å². The molecule has 1 aliphatic rings. The van der Waals surface area contributed by atoms with Crippen LogP contribution in [-0.2, 0) is 0 Å². The lowest BCUT2D eigenvalue weighted by Gasteiger charge is -2.38. The topological polar surface area (TPSA) is 28.2 Å². The van der Waals surface area contributed by atoms with Crippen molar-refractivity contribution in [3.05, 3.63) is 36.5 Å². The summed E-state index contributed by atoms with van der Waals surface area (Å²) in [7, 11) is 0. The van der Waals surface area contributed by atoms with Crippen molar-refractivity contribution in [1.82, 2.24) is 10.3 Å². The van der Waals surface area contributed by atoms with E-state index in [1.807, 2.05) is 6.20 Å². The van der Waals surface area contributed by atoms with Gasteiger partial charge in [0, 0.05) is 36.8 Å². The fourth-order valence-electron chi connectivity index (χ4n) is 2.65. The number of hydrogen-bond donors (Lipinski definition) is 1. The molecular formula is C15H19N3. The van der Waals surface area contributed by atoms with Crippen molar-refractivity contribution < 1.29 is 0 Å². The van der Waals surface area contributed by atoms with Crippen LogP contribution in [0.4, 0.5) is 5.82 Å². The largest absolute Gasteiger partial charge is 0.351 e. The predicted molar refractivity (Wildman–Crippen MR) is 76.0 cm³/mol. The maximum atomic E-state index is 4.61. The zero-order chi connectivity index (χ0) is 12.5. The van der Waals surface area contributed by atoms with Crippen molar-refractivity contribution in [2.75, 3.05) is 18.0 Å². The van der Waals surface area contributed by atoms with Crippen LogP contribution in [0.2, 0.25) is 0 Å². The van der Waals surface area contributed by atoms with Gasteiger partial charge in [-0.15, -0.1) is 0 Å². The van der Waals surface area contributed by atoms with Crippen molar-refractivity contribution >= 4 is 16.6 Å². The van der Waals surface area contributed by atoms with Crippen LogP contribution in [0.3, 0.4) is 0 Å². The molecule has 0 amide bonds. The zero-order valence-corrected chi connectivity index (χ0v) is 10.9. The smallest absolute Gasteiger partial charge is 0.136 e. The number of benzene rings is 1. The molecule has 3 rings (SSSR count). The van der Waals surface area contributed by atoms with Gasteiger partial charge in [-0.25, -0.2) is 4.98 Å². The van der Waals surface area contributed by atoms with E-state index in [1.165, 1.54) is 10.8 Å². The number of rotatable bonds is 1. The SMILES string of the molecule is CC1CN(c2nccc3ccccc23)C(C)CN1. The summed E-state index contributed by atoms with van der Waals surface area (Å²) in [6.45, 7) is 6.51. The molecule has 2 unspecified atom stereocenters. The van der Waals surface area contributed by atoms with Crippen LogP contribution < -0.4 is 10.2 Å². The minimum atomic E-state index is 0.486. The molecule has 2 heterocycles. The van der Waals surface area contributed by atoms with Crippen LogP contribution in [0, 0.1) is 0 Å². The number of aromatic nitrogens is 1. The van der Waals surface area contributed by atoms with Gasteiger partial charge in [0.1, 0.15) is 5.82 Å². The van der Waals surface area contributed by atoms with Crippen molar-refractivity contribution in [3.8, 4) is 0 Å². The van der Waals surface area contributed by atoms with E-state index in [0.29, 0.717) is 12.1 Å². The molecule has 1 aliphatic heterocycles. The number of fused-ring (bicyclic) bond motifs is 1. The summed E-state index contributed by atoms with van der Waals surface area (Å²) in [5.41, 5.74) is 0. The van der Waals surface area contributed by atoms with Crippen LogP contribution in [0.5, 0.6) is 0 Å². The van der Waals surface area contributed by atoms with Gasteiger partial charge < -0.3 is 10.2 Å². The lowest BCUT2D eigenvalue weighted by Crippen LogP contribution is -2.54. The van der Waals surface area contributed by atoms with Crippen molar-refractivity contribution in [1.29, 1.82) is 0 Å². The summed E-state index contributed by atoms with van der Waals surface area (Å²) in [6, 6.07) is 11.6. The molecule has 18 heavy (non-hydrogen) atoms. The molecular weight excluding hydrogens is 222 g/mol. The van der Waals surface area contributed by atoms with E-state index in [9.17, 15) is 0 Å². The van der Waals surface area contributed by atoms with Gasteiger partial charge in [0.05, 0.1) is 0 Å². The van der Waals surface area contributed by atoms with E-state index in [4.69, 9.17) is 0 Å². The number of nitrogens with one attached hydrogen (secondary N) is 1. The Morgan fingerprint density at radius 1 is 1.22 bits per heavy atom. The molecule has 0 aliphatic carbocycles. The lowest BCUT2D eigenvalue weighted by molar-refractivity contribution is 0.423. The molecule has 1 saturated heterocycles. The monoisotopic (exact) mass is 241 g/mol. The Bertz CT molecular complexity index is 547. The predicted octanol–water partition coefficient (Wildman–Crippen LogP) is 2.42. The first-order valence-corrected chi connectivity index (χ1v) is 6.59. The summed E-state index contributed by atoms with van der Waals surface area (Å²) in [5.74, 6) is 1.12. The molecule has 0 bridgehead atoms. The minimum absolute atomic E-state index is 0.486. The average Bonchev–Trinajstić information content (AvgIpc) is 2.41. The van der Waals surface area contributed by atoms with E-state index >= 15 is 0 Å². The Labute approximate surface area is 108 Å².